The lowest BCUT2D eigenvalue weighted by atomic mass is 9.92. The summed E-state index contributed by atoms with van der Waals surface area (Å²) in [5.74, 6) is 1.22. The van der Waals surface area contributed by atoms with E-state index in [0.717, 1.165) is 57.5 Å². The van der Waals surface area contributed by atoms with E-state index in [9.17, 15) is 4.79 Å². The molecule has 0 spiro atoms. The molecule has 0 radical (unpaired) electrons. The van der Waals surface area contributed by atoms with E-state index in [2.05, 4.69) is 16.7 Å². The van der Waals surface area contributed by atoms with Crippen LogP contribution in [0.2, 0.25) is 10.0 Å². The normalized spacial score (nSPS) is 23.5. The van der Waals surface area contributed by atoms with E-state index < -0.39 is 0 Å². The van der Waals surface area contributed by atoms with Crippen molar-refractivity contribution >= 4 is 29.1 Å². The predicted molar refractivity (Wildman–Crippen MR) is 99.4 cm³/mol. The van der Waals surface area contributed by atoms with Crippen LogP contribution >= 0.6 is 23.2 Å². The number of amides is 1. The highest BCUT2D eigenvalue weighted by Crippen LogP contribution is 2.29. The van der Waals surface area contributed by atoms with Crippen molar-refractivity contribution in [3.05, 3.63) is 33.8 Å². The number of likely N-dealkylation sites (tertiary alicyclic amines) is 2. The second-order valence-electron chi connectivity index (χ2n) is 7.30. The van der Waals surface area contributed by atoms with Crippen LogP contribution in [-0.2, 0) is 11.3 Å². The standard InChI is InChI=1S/C19H26Cl2N2O/c1-14-4-3-9-23(12-14)19(24)15-7-10-22(11-8-15)13-16-5-2-6-17(20)18(16)21/h2,5-6,14-15H,3-4,7-13H2,1H3/t14-/m1/s1. The molecule has 0 aliphatic carbocycles. The third-order valence-corrected chi connectivity index (χ3v) is 6.19. The van der Waals surface area contributed by atoms with Crippen LogP contribution < -0.4 is 0 Å². The number of hydrogen-bond donors (Lipinski definition) is 0. The lowest BCUT2D eigenvalue weighted by molar-refractivity contribution is -0.138. The smallest absolute Gasteiger partial charge is 0.225 e. The maximum absolute atomic E-state index is 12.7. The van der Waals surface area contributed by atoms with Gasteiger partial charge >= 0.3 is 0 Å². The van der Waals surface area contributed by atoms with Crippen LogP contribution in [0.1, 0.15) is 38.2 Å². The van der Waals surface area contributed by atoms with Gasteiger partial charge in [0.2, 0.25) is 5.91 Å². The summed E-state index contributed by atoms with van der Waals surface area (Å²) in [7, 11) is 0. The summed E-state index contributed by atoms with van der Waals surface area (Å²) >= 11 is 12.4. The maximum Gasteiger partial charge on any atom is 0.225 e. The highest BCUT2D eigenvalue weighted by Gasteiger charge is 2.30. The van der Waals surface area contributed by atoms with E-state index in [-0.39, 0.29) is 5.92 Å². The number of carbonyl (C=O) groups excluding carboxylic acids is 1. The number of carbonyl (C=O) groups is 1. The quantitative estimate of drug-likeness (QED) is 0.785. The molecule has 3 rings (SSSR count). The van der Waals surface area contributed by atoms with Gasteiger partial charge in [0.05, 0.1) is 10.0 Å². The minimum atomic E-state index is 0.196. The summed E-state index contributed by atoms with van der Waals surface area (Å²) in [6, 6.07) is 5.79. The van der Waals surface area contributed by atoms with E-state index in [4.69, 9.17) is 23.2 Å². The van der Waals surface area contributed by atoms with Gasteiger partial charge in [-0.25, -0.2) is 0 Å². The van der Waals surface area contributed by atoms with Crippen molar-refractivity contribution in [2.24, 2.45) is 11.8 Å². The monoisotopic (exact) mass is 368 g/mol. The van der Waals surface area contributed by atoms with Gasteiger partial charge < -0.3 is 4.90 Å². The number of nitrogens with zero attached hydrogens (tertiary/aromatic N) is 2. The lowest BCUT2D eigenvalue weighted by Crippen LogP contribution is -2.45. The summed E-state index contributed by atoms with van der Waals surface area (Å²) in [5.41, 5.74) is 1.07. The average molecular weight is 369 g/mol. The Balaban J connectivity index is 1.52. The Morgan fingerprint density at radius 2 is 1.92 bits per heavy atom. The first kappa shape index (κ1) is 18.0. The van der Waals surface area contributed by atoms with E-state index in [0.29, 0.717) is 21.9 Å². The largest absolute Gasteiger partial charge is 0.342 e. The Kier molecular flexibility index (Phi) is 6.07. The van der Waals surface area contributed by atoms with Crippen LogP contribution in [0.4, 0.5) is 0 Å². The van der Waals surface area contributed by atoms with Gasteiger partial charge in [0.15, 0.2) is 0 Å². The summed E-state index contributed by atoms with van der Waals surface area (Å²) < 4.78 is 0. The van der Waals surface area contributed by atoms with Crippen molar-refractivity contribution in [2.45, 2.75) is 39.2 Å². The third-order valence-electron chi connectivity index (χ3n) is 5.33. The lowest BCUT2D eigenvalue weighted by Gasteiger charge is -2.37. The molecule has 0 aromatic heterocycles. The molecule has 0 N–H and O–H groups in total. The van der Waals surface area contributed by atoms with Crippen molar-refractivity contribution in [2.75, 3.05) is 26.2 Å². The van der Waals surface area contributed by atoms with Crippen LogP contribution in [0.25, 0.3) is 0 Å². The van der Waals surface area contributed by atoms with Crippen molar-refractivity contribution in [1.82, 2.24) is 9.80 Å². The van der Waals surface area contributed by atoms with Crippen molar-refractivity contribution in [3.8, 4) is 0 Å². The zero-order chi connectivity index (χ0) is 17.1. The highest BCUT2D eigenvalue weighted by atomic mass is 35.5. The van der Waals surface area contributed by atoms with Gasteiger partial charge in [0.1, 0.15) is 0 Å². The molecule has 0 saturated carbocycles. The van der Waals surface area contributed by atoms with Crippen LogP contribution in [0, 0.1) is 11.8 Å². The molecular weight excluding hydrogens is 343 g/mol. The molecule has 1 aromatic rings. The van der Waals surface area contributed by atoms with Crippen LogP contribution in [-0.4, -0.2) is 41.9 Å². The maximum atomic E-state index is 12.7. The second-order valence-corrected chi connectivity index (χ2v) is 8.08. The molecule has 1 atom stereocenters. The van der Waals surface area contributed by atoms with Gasteiger partial charge in [-0.2, -0.15) is 0 Å². The van der Waals surface area contributed by atoms with Gasteiger partial charge in [-0.15, -0.1) is 0 Å². The van der Waals surface area contributed by atoms with Crippen LogP contribution in [0.15, 0.2) is 18.2 Å². The Hall–Kier alpha value is -0.770. The Bertz CT molecular complexity index is 585. The molecule has 0 bridgehead atoms. The van der Waals surface area contributed by atoms with Gasteiger partial charge in [-0.05, 0) is 56.3 Å². The Morgan fingerprint density at radius 3 is 2.62 bits per heavy atom. The van der Waals surface area contributed by atoms with Gasteiger partial charge in [0, 0.05) is 25.6 Å². The van der Waals surface area contributed by atoms with E-state index in [1.165, 1.54) is 6.42 Å². The van der Waals surface area contributed by atoms with E-state index in [1.807, 2.05) is 18.2 Å². The molecule has 24 heavy (non-hydrogen) atoms. The number of hydrogen-bond acceptors (Lipinski definition) is 2. The number of rotatable bonds is 3. The first-order valence-electron chi connectivity index (χ1n) is 8.98. The SMILES string of the molecule is C[C@@H]1CCCN(C(=O)C2CCN(Cc3cccc(Cl)c3Cl)CC2)C1. The Labute approximate surface area is 154 Å². The van der Waals surface area contributed by atoms with Gasteiger partial charge in [-0.1, -0.05) is 42.3 Å². The molecular formula is C19H26Cl2N2O. The highest BCUT2D eigenvalue weighted by molar-refractivity contribution is 6.42. The molecule has 3 nitrogen and oxygen atoms in total. The average Bonchev–Trinajstić information content (AvgIpc) is 2.59. The molecule has 1 amide bonds. The first-order chi connectivity index (χ1) is 11.5. The van der Waals surface area contributed by atoms with Crippen molar-refractivity contribution < 1.29 is 4.79 Å². The van der Waals surface area contributed by atoms with Crippen LogP contribution in [0.5, 0.6) is 0 Å². The summed E-state index contributed by atoms with van der Waals surface area (Å²) in [6.07, 6.45) is 4.30. The fourth-order valence-corrected chi connectivity index (χ4v) is 4.28. The van der Waals surface area contributed by atoms with Crippen molar-refractivity contribution in [3.63, 3.8) is 0 Å². The fourth-order valence-electron chi connectivity index (χ4n) is 3.90. The molecule has 0 unspecified atom stereocenters. The van der Waals surface area contributed by atoms with Gasteiger partial charge in [-0.3, -0.25) is 9.69 Å². The summed E-state index contributed by atoms with van der Waals surface area (Å²) in [5, 5.41) is 1.26. The molecule has 2 aliphatic rings. The predicted octanol–water partition coefficient (Wildman–Crippen LogP) is 4.46. The molecule has 5 heteroatoms. The second kappa shape index (κ2) is 8.07. The molecule has 1 aromatic carbocycles. The number of halogens is 2. The summed E-state index contributed by atoms with van der Waals surface area (Å²) in [6.45, 7) is 6.84. The summed E-state index contributed by atoms with van der Waals surface area (Å²) in [4.78, 5) is 17.2. The minimum absolute atomic E-state index is 0.196. The fraction of sp³-hybridized carbons (Fsp3) is 0.632. The van der Waals surface area contributed by atoms with Crippen LogP contribution in [0.3, 0.4) is 0 Å². The van der Waals surface area contributed by atoms with Crippen molar-refractivity contribution in [1.29, 1.82) is 0 Å². The molecule has 2 saturated heterocycles. The minimum Gasteiger partial charge on any atom is -0.342 e. The van der Waals surface area contributed by atoms with E-state index in [1.54, 1.807) is 0 Å². The molecule has 2 fully saturated rings. The molecule has 2 heterocycles. The van der Waals surface area contributed by atoms with Gasteiger partial charge in [0.25, 0.3) is 0 Å². The molecule has 132 valence electrons. The van der Waals surface area contributed by atoms with E-state index >= 15 is 0 Å². The Morgan fingerprint density at radius 1 is 1.17 bits per heavy atom. The zero-order valence-corrected chi connectivity index (χ0v) is 15.8. The zero-order valence-electron chi connectivity index (χ0n) is 14.3. The number of benzene rings is 1. The number of piperidine rings is 2. The molecule has 2 aliphatic heterocycles. The third kappa shape index (κ3) is 4.25. The first-order valence-corrected chi connectivity index (χ1v) is 9.74. The topological polar surface area (TPSA) is 23.6 Å².